The highest BCUT2D eigenvalue weighted by molar-refractivity contribution is 7.89. The SMILES string of the molecule is CCNS(=O)(=O)c1cc(F)c(F)c(C(=O)O)c1. The standard InChI is InChI=1S/C9H9F2NO4S/c1-2-12-17(15,16)5-3-6(9(13)14)8(11)7(10)4-5/h3-4,12H,2H2,1H3,(H,13,14). The van der Waals surface area contributed by atoms with Crippen LogP contribution in [0.15, 0.2) is 17.0 Å². The molecule has 0 aliphatic carbocycles. The number of hydrogen-bond donors (Lipinski definition) is 2. The summed E-state index contributed by atoms with van der Waals surface area (Å²) in [6.45, 7) is 1.54. The van der Waals surface area contributed by atoms with Crippen LogP contribution in [-0.4, -0.2) is 26.0 Å². The van der Waals surface area contributed by atoms with Crippen molar-refractivity contribution in [3.8, 4) is 0 Å². The number of rotatable bonds is 4. The fourth-order valence-electron chi connectivity index (χ4n) is 1.15. The summed E-state index contributed by atoms with van der Waals surface area (Å²) in [6, 6.07) is 0.999. The van der Waals surface area contributed by atoms with Crippen LogP contribution in [0.25, 0.3) is 0 Å². The zero-order valence-electron chi connectivity index (χ0n) is 8.70. The van der Waals surface area contributed by atoms with Crippen LogP contribution < -0.4 is 4.72 Å². The third-order valence-electron chi connectivity index (χ3n) is 1.88. The summed E-state index contributed by atoms with van der Waals surface area (Å²) in [7, 11) is -4.03. The molecule has 0 saturated heterocycles. The maximum absolute atomic E-state index is 13.0. The van der Waals surface area contributed by atoms with Crippen LogP contribution in [-0.2, 0) is 10.0 Å². The van der Waals surface area contributed by atoms with E-state index in [9.17, 15) is 22.0 Å². The predicted molar refractivity (Wildman–Crippen MR) is 54.2 cm³/mol. The van der Waals surface area contributed by atoms with Crippen molar-refractivity contribution in [2.75, 3.05) is 6.54 Å². The molecule has 0 bridgehead atoms. The van der Waals surface area contributed by atoms with Crippen molar-refractivity contribution in [3.05, 3.63) is 29.3 Å². The second-order valence-electron chi connectivity index (χ2n) is 3.07. The summed E-state index contributed by atoms with van der Waals surface area (Å²) >= 11 is 0. The first kappa shape index (κ1) is 13.5. The number of carboxylic acid groups (broad SMARTS) is 1. The second-order valence-corrected chi connectivity index (χ2v) is 4.84. The molecule has 0 saturated carbocycles. The van der Waals surface area contributed by atoms with Gasteiger partial charge in [-0.3, -0.25) is 0 Å². The largest absolute Gasteiger partial charge is 0.478 e. The highest BCUT2D eigenvalue weighted by Gasteiger charge is 2.22. The summed E-state index contributed by atoms with van der Waals surface area (Å²) < 4.78 is 51.1. The van der Waals surface area contributed by atoms with E-state index in [1.807, 2.05) is 4.72 Å². The Bertz CT molecular complexity index is 556. The third kappa shape index (κ3) is 2.77. The summed E-state index contributed by atoms with van der Waals surface area (Å²) in [5.41, 5.74) is -1.03. The van der Waals surface area contributed by atoms with Gasteiger partial charge in [-0.2, -0.15) is 0 Å². The average molecular weight is 265 g/mol. The molecule has 0 heterocycles. The van der Waals surface area contributed by atoms with E-state index in [-0.39, 0.29) is 6.54 Å². The molecule has 0 aliphatic rings. The molecule has 0 unspecified atom stereocenters. The van der Waals surface area contributed by atoms with Crippen LogP contribution >= 0.6 is 0 Å². The zero-order valence-corrected chi connectivity index (χ0v) is 9.51. The summed E-state index contributed by atoms with van der Waals surface area (Å²) in [4.78, 5) is 9.96. The number of aromatic carboxylic acids is 1. The van der Waals surface area contributed by atoms with Gasteiger partial charge in [0.1, 0.15) is 0 Å². The molecule has 94 valence electrons. The Hall–Kier alpha value is -1.54. The molecule has 1 aromatic carbocycles. The summed E-state index contributed by atoms with van der Waals surface area (Å²) in [6.07, 6.45) is 0. The van der Waals surface area contributed by atoms with Gasteiger partial charge in [-0.15, -0.1) is 0 Å². The lowest BCUT2D eigenvalue weighted by Gasteiger charge is -2.06. The normalized spacial score (nSPS) is 11.5. The molecule has 1 rings (SSSR count). The Morgan fingerprint density at radius 3 is 2.47 bits per heavy atom. The topological polar surface area (TPSA) is 83.5 Å². The van der Waals surface area contributed by atoms with E-state index in [0.717, 1.165) is 0 Å². The Morgan fingerprint density at radius 2 is 2.00 bits per heavy atom. The Kier molecular flexibility index (Phi) is 3.79. The fraction of sp³-hybridized carbons (Fsp3) is 0.222. The highest BCUT2D eigenvalue weighted by Crippen LogP contribution is 2.18. The molecular weight excluding hydrogens is 256 g/mol. The first-order valence-electron chi connectivity index (χ1n) is 4.51. The molecular formula is C9H9F2NO4S. The van der Waals surface area contributed by atoms with Gasteiger partial charge < -0.3 is 5.11 Å². The van der Waals surface area contributed by atoms with E-state index in [1.54, 1.807) is 0 Å². The van der Waals surface area contributed by atoms with Crippen molar-refractivity contribution in [1.82, 2.24) is 4.72 Å². The average Bonchev–Trinajstić information content (AvgIpc) is 2.21. The maximum atomic E-state index is 13.0. The quantitative estimate of drug-likeness (QED) is 0.849. The first-order valence-corrected chi connectivity index (χ1v) is 6.00. The molecule has 1 aromatic rings. The maximum Gasteiger partial charge on any atom is 0.338 e. The van der Waals surface area contributed by atoms with Crippen molar-refractivity contribution in [2.24, 2.45) is 0 Å². The molecule has 0 fully saturated rings. The van der Waals surface area contributed by atoms with Crippen molar-refractivity contribution in [3.63, 3.8) is 0 Å². The number of nitrogens with one attached hydrogen (secondary N) is 1. The van der Waals surface area contributed by atoms with Gasteiger partial charge in [0, 0.05) is 6.54 Å². The van der Waals surface area contributed by atoms with Gasteiger partial charge in [-0.1, -0.05) is 6.92 Å². The van der Waals surface area contributed by atoms with Crippen LogP contribution in [0.5, 0.6) is 0 Å². The van der Waals surface area contributed by atoms with Crippen molar-refractivity contribution < 1.29 is 27.1 Å². The minimum atomic E-state index is -4.03. The van der Waals surface area contributed by atoms with Crippen molar-refractivity contribution in [2.45, 2.75) is 11.8 Å². The van der Waals surface area contributed by atoms with Gasteiger partial charge in [-0.25, -0.2) is 26.7 Å². The molecule has 0 radical (unpaired) electrons. The van der Waals surface area contributed by atoms with Gasteiger partial charge in [-0.05, 0) is 12.1 Å². The smallest absolute Gasteiger partial charge is 0.338 e. The van der Waals surface area contributed by atoms with Crippen LogP contribution in [0.3, 0.4) is 0 Å². The lowest BCUT2D eigenvalue weighted by Crippen LogP contribution is -2.24. The number of carboxylic acids is 1. The second kappa shape index (κ2) is 4.76. The van der Waals surface area contributed by atoms with Gasteiger partial charge >= 0.3 is 5.97 Å². The van der Waals surface area contributed by atoms with E-state index in [4.69, 9.17) is 5.11 Å². The highest BCUT2D eigenvalue weighted by atomic mass is 32.2. The first-order chi connectivity index (χ1) is 7.79. The van der Waals surface area contributed by atoms with Crippen LogP contribution in [0.2, 0.25) is 0 Å². The number of benzene rings is 1. The van der Waals surface area contributed by atoms with Crippen LogP contribution in [0.1, 0.15) is 17.3 Å². The summed E-state index contributed by atoms with van der Waals surface area (Å²) in [5.74, 6) is -4.86. The van der Waals surface area contributed by atoms with E-state index in [0.29, 0.717) is 12.1 Å². The monoisotopic (exact) mass is 265 g/mol. The molecule has 0 amide bonds. The molecule has 17 heavy (non-hydrogen) atoms. The van der Waals surface area contributed by atoms with E-state index in [2.05, 4.69) is 0 Å². The molecule has 0 aliphatic heterocycles. The third-order valence-corrected chi connectivity index (χ3v) is 3.40. The van der Waals surface area contributed by atoms with Gasteiger partial charge in [0.2, 0.25) is 10.0 Å². The Balaban J connectivity index is 3.44. The fourth-order valence-corrected chi connectivity index (χ4v) is 2.23. The van der Waals surface area contributed by atoms with Gasteiger partial charge in [0.25, 0.3) is 0 Å². The van der Waals surface area contributed by atoms with E-state index >= 15 is 0 Å². The minimum absolute atomic E-state index is 0.0454. The number of carbonyl (C=O) groups is 1. The number of sulfonamides is 1. The minimum Gasteiger partial charge on any atom is -0.478 e. The van der Waals surface area contributed by atoms with E-state index in [1.165, 1.54) is 6.92 Å². The molecule has 0 spiro atoms. The summed E-state index contributed by atoms with van der Waals surface area (Å²) in [5, 5.41) is 8.59. The Labute approximate surface area is 96.1 Å². The molecule has 8 heteroatoms. The lowest BCUT2D eigenvalue weighted by molar-refractivity contribution is 0.0690. The van der Waals surface area contributed by atoms with E-state index < -0.39 is 38.1 Å². The van der Waals surface area contributed by atoms with Crippen molar-refractivity contribution in [1.29, 1.82) is 0 Å². The number of hydrogen-bond acceptors (Lipinski definition) is 3. The van der Waals surface area contributed by atoms with Crippen molar-refractivity contribution >= 4 is 16.0 Å². The van der Waals surface area contributed by atoms with Crippen LogP contribution in [0.4, 0.5) is 8.78 Å². The van der Waals surface area contributed by atoms with Gasteiger partial charge in [0.15, 0.2) is 11.6 Å². The molecule has 2 N–H and O–H groups in total. The molecule has 0 aromatic heterocycles. The van der Waals surface area contributed by atoms with Crippen LogP contribution in [0, 0.1) is 11.6 Å². The zero-order chi connectivity index (χ0) is 13.2. The van der Waals surface area contributed by atoms with Gasteiger partial charge in [0.05, 0.1) is 10.5 Å². The molecule has 0 atom stereocenters. The molecule has 5 nitrogen and oxygen atoms in total. The predicted octanol–water partition coefficient (Wildman–Crippen LogP) is 0.961. The lowest BCUT2D eigenvalue weighted by atomic mass is 10.2. The Morgan fingerprint density at radius 1 is 1.41 bits per heavy atom. The number of halogens is 2.